The summed E-state index contributed by atoms with van der Waals surface area (Å²) < 4.78 is 9.07. The Morgan fingerprint density at radius 1 is 1.36 bits per heavy atom. The van der Waals surface area contributed by atoms with Gasteiger partial charge >= 0.3 is 5.97 Å². The Hall–Kier alpha value is -0.910. The van der Waals surface area contributed by atoms with E-state index in [1.807, 2.05) is 0 Å². The minimum absolute atomic E-state index is 0.0278. The molecular weight excluding hydrogens is 188 g/mol. The monoisotopic (exact) mass is 206 g/mol. The molecule has 0 rings (SSSR count). The molecule has 84 valence electrons. The second-order valence-corrected chi connectivity index (χ2v) is 2.15. The highest BCUT2D eigenvalue weighted by molar-refractivity contribution is 5.65. The summed E-state index contributed by atoms with van der Waals surface area (Å²) in [5.41, 5.74) is 0. The molecule has 0 aromatic rings. The first kappa shape index (κ1) is 15.6. The number of rotatable bonds is 6. The molecule has 14 heavy (non-hydrogen) atoms. The van der Waals surface area contributed by atoms with Crippen LogP contribution in [0.4, 0.5) is 0 Å². The van der Waals surface area contributed by atoms with Gasteiger partial charge in [0.25, 0.3) is 0 Å². The fourth-order valence-corrected chi connectivity index (χ4v) is 0.407. The predicted octanol–water partition coefficient (Wildman–Crippen LogP) is -0.277. The highest BCUT2D eigenvalue weighted by atomic mass is 16.5. The molecule has 0 radical (unpaired) electrons. The van der Waals surface area contributed by atoms with E-state index in [2.05, 4.69) is 16.1 Å². The van der Waals surface area contributed by atoms with Gasteiger partial charge in [-0.3, -0.25) is 4.79 Å². The van der Waals surface area contributed by atoms with Gasteiger partial charge in [-0.25, -0.2) is 0 Å². The first-order valence-electron chi connectivity index (χ1n) is 4.22. The zero-order chi connectivity index (χ0) is 11.2. The third-order valence-corrected chi connectivity index (χ3v) is 0.876. The van der Waals surface area contributed by atoms with Crippen molar-refractivity contribution in [1.29, 1.82) is 0 Å². The third kappa shape index (κ3) is 22.5. The van der Waals surface area contributed by atoms with E-state index in [0.29, 0.717) is 19.8 Å². The molecule has 0 amide bonds. The van der Waals surface area contributed by atoms with E-state index in [1.165, 1.54) is 13.0 Å². The van der Waals surface area contributed by atoms with Gasteiger partial charge in [0.1, 0.15) is 6.61 Å². The Morgan fingerprint density at radius 3 is 2.07 bits per heavy atom. The van der Waals surface area contributed by atoms with Crippen molar-refractivity contribution in [3.05, 3.63) is 12.7 Å². The van der Waals surface area contributed by atoms with E-state index in [4.69, 9.17) is 10.2 Å². The molecule has 0 fully saturated rings. The van der Waals surface area contributed by atoms with Crippen LogP contribution in [0.5, 0.6) is 0 Å². The highest BCUT2D eigenvalue weighted by Gasteiger charge is 1.83. The SMILES string of the molecule is C=CCOC(C)=O.OCCOCCO. The fourth-order valence-electron chi connectivity index (χ4n) is 0.407. The van der Waals surface area contributed by atoms with Crippen LogP contribution >= 0.6 is 0 Å². The molecule has 0 atom stereocenters. The van der Waals surface area contributed by atoms with E-state index < -0.39 is 0 Å². The summed E-state index contributed by atoms with van der Waals surface area (Å²) in [5.74, 6) is -0.264. The number of carbonyl (C=O) groups excluding carboxylic acids is 1. The molecule has 0 spiro atoms. The first-order chi connectivity index (χ1) is 6.68. The lowest BCUT2D eigenvalue weighted by Crippen LogP contribution is -2.03. The van der Waals surface area contributed by atoms with Crippen LogP contribution < -0.4 is 0 Å². The highest BCUT2D eigenvalue weighted by Crippen LogP contribution is 1.73. The van der Waals surface area contributed by atoms with E-state index in [-0.39, 0.29) is 19.2 Å². The molecule has 0 bridgehead atoms. The maximum Gasteiger partial charge on any atom is 0.302 e. The average molecular weight is 206 g/mol. The molecule has 0 heterocycles. The lowest BCUT2D eigenvalue weighted by atomic mass is 10.7. The minimum Gasteiger partial charge on any atom is -0.462 e. The normalized spacial score (nSPS) is 8.50. The van der Waals surface area contributed by atoms with E-state index in [9.17, 15) is 4.79 Å². The van der Waals surface area contributed by atoms with Gasteiger partial charge in [-0.1, -0.05) is 12.7 Å². The van der Waals surface area contributed by atoms with Gasteiger partial charge in [0.2, 0.25) is 0 Å². The summed E-state index contributed by atoms with van der Waals surface area (Å²) in [6.07, 6.45) is 1.53. The Balaban J connectivity index is 0. The van der Waals surface area contributed by atoms with Crippen LogP contribution in [0.3, 0.4) is 0 Å². The number of hydrogen-bond acceptors (Lipinski definition) is 5. The smallest absolute Gasteiger partial charge is 0.302 e. The van der Waals surface area contributed by atoms with Gasteiger partial charge in [0.15, 0.2) is 0 Å². The lowest BCUT2D eigenvalue weighted by molar-refractivity contribution is -0.139. The molecule has 0 aromatic carbocycles. The van der Waals surface area contributed by atoms with Gasteiger partial charge in [0, 0.05) is 6.92 Å². The van der Waals surface area contributed by atoms with Crippen LogP contribution in [0.25, 0.3) is 0 Å². The van der Waals surface area contributed by atoms with Crippen LogP contribution in [-0.4, -0.2) is 49.2 Å². The van der Waals surface area contributed by atoms with E-state index >= 15 is 0 Å². The summed E-state index contributed by atoms with van der Waals surface area (Å²) in [7, 11) is 0. The third-order valence-electron chi connectivity index (χ3n) is 0.876. The summed E-state index contributed by atoms with van der Waals surface area (Å²) in [4.78, 5) is 9.93. The van der Waals surface area contributed by atoms with Gasteiger partial charge in [-0.2, -0.15) is 0 Å². The zero-order valence-electron chi connectivity index (χ0n) is 8.44. The maximum atomic E-state index is 9.93. The number of ether oxygens (including phenoxy) is 2. The van der Waals surface area contributed by atoms with Crippen LogP contribution in [0.15, 0.2) is 12.7 Å². The van der Waals surface area contributed by atoms with Crippen LogP contribution in [0, 0.1) is 0 Å². The quantitative estimate of drug-likeness (QED) is 0.355. The Kier molecular flexibility index (Phi) is 16.2. The summed E-state index contributed by atoms with van der Waals surface area (Å²) in [5, 5.41) is 16.2. The molecule has 0 saturated heterocycles. The number of aliphatic hydroxyl groups is 2. The number of carbonyl (C=O) groups is 1. The Morgan fingerprint density at radius 2 is 1.86 bits per heavy atom. The van der Waals surface area contributed by atoms with Crippen molar-refractivity contribution >= 4 is 5.97 Å². The molecule has 0 aromatic heterocycles. The molecule has 5 nitrogen and oxygen atoms in total. The standard InChI is InChI=1S/C5H8O2.C4H10O3/c1-3-4-7-5(2)6;5-1-3-7-4-2-6/h3H,1,4H2,2H3;5-6H,1-4H2. The lowest BCUT2D eigenvalue weighted by Gasteiger charge is -1.94. The summed E-state index contributed by atoms with van der Waals surface area (Å²) in [6, 6.07) is 0. The number of esters is 1. The largest absolute Gasteiger partial charge is 0.462 e. The van der Waals surface area contributed by atoms with Crippen molar-refractivity contribution in [1.82, 2.24) is 0 Å². The zero-order valence-corrected chi connectivity index (χ0v) is 8.44. The van der Waals surface area contributed by atoms with Crippen molar-refractivity contribution in [3.8, 4) is 0 Å². The summed E-state index contributed by atoms with van der Waals surface area (Å²) in [6.45, 7) is 5.73. The van der Waals surface area contributed by atoms with Crippen LogP contribution in [0.2, 0.25) is 0 Å². The molecular formula is C9H18O5. The number of hydrogen-bond donors (Lipinski definition) is 2. The molecule has 0 aliphatic heterocycles. The summed E-state index contributed by atoms with van der Waals surface area (Å²) >= 11 is 0. The molecule has 0 unspecified atom stereocenters. The Labute approximate surface area is 84.0 Å². The van der Waals surface area contributed by atoms with E-state index in [0.717, 1.165) is 0 Å². The van der Waals surface area contributed by atoms with Crippen molar-refractivity contribution in [3.63, 3.8) is 0 Å². The molecule has 0 aliphatic rings. The van der Waals surface area contributed by atoms with Crippen molar-refractivity contribution < 1.29 is 24.5 Å². The average Bonchev–Trinajstić information content (AvgIpc) is 2.16. The van der Waals surface area contributed by atoms with Gasteiger partial charge < -0.3 is 19.7 Å². The Bertz CT molecular complexity index is 131. The molecule has 5 heteroatoms. The fraction of sp³-hybridized carbons (Fsp3) is 0.667. The second kappa shape index (κ2) is 14.6. The van der Waals surface area contributed by atoms with Gasteiger partial charge in [-0.15, -0.1) is 0 Å². The van der Waals surface area contributed by atoms with Crippen LogP contribution in [-0.2, 0) is 14.3 Å². The minimum atomic E-state index is -0.264. The van der Waals surface area contributed by atoms with Crippen molar-refractivity contribution in [2.24, 2.45) is 0 Å². The second-order valence-electron chi connectivity index (χ2n) is 2.15. The number of aliphatic hydroxyl groups excluding tert-OH is 2. The van der Waals surface area contributed by atoms with Gasteiger partial charge in [0.05, 0.1) is 26.4 Å². The first-order valence-corrected chi connectivity index (χ1v) is 4.22. The molecule has 2 N–H and O–H groups in total. The van der Waals surface area contributed by atoms with Crippen molar-refractivity contribution in [2.45, 2.75) is 6.92 Å². The van der Waals surface area contributed by atoms with Crippen molar-refractivity contribution in [2.75, 3.05) is 33.0 Å². The maximum absolute atomic E-state index is 9.93. The molecule has 0 aliphatic carbocycles. The van der Waals surface area contributed by atoms with Crippen LogP contribution in [0.1, 0.15) is 6.92 Å². The predicted molar refractivity (Wildman–Crippen MR) is 51.8 cm³/mol. The van der Waals surface area contributed by atoms with E-state index in [1.54, 1.807) is 0 Å². The molecule has 0 saturated carbocycles. The topological polar surface area (TPSA) is 76.0 Å². The van der Waals surface area contributed by atoms with Gasteiger partial charge in [-0.05, 0) is 0 Å².